The molecule has 1 saturated heterocycles. The zero-order chi connectivity index (χ0) is 17.1. The van der Waals surface area contributed by atoms with Gasteiger partial charge in [0.15, 0.2) is 0 Å². The summed E-state index contributed by atoms with van der Waals surface area (Å²) in [5.74, 6) is -0.0338. The zero-order valence-electron chi connectivity index (χ0n) is 13.1. The summed E-state index contributed by atoms with van der Waals surface area (Å²) in [5.41, 5.74) is 1.37. The Labute approximate surface area is 144 Å². The number of rotatable bonds is 3. The second-order valence-corrected chi connectivity index (χ2v) is 6.02. The van der Waals surface area contributed by atoms with E-state index >= 15 is 0 Å². The topological polar surface area (TPSA) is 54.5 Å². The van der Waals surface area contributed by atoms with Crippen LogP contribution in [0.15, 0.2) is 36.7 Å². The van der Waals surface area contributed by atoms with E-state index in [-0.39, 0.29) is 22.7 Å². The number of nitrogens with one attached hydrogen (secondary N) is 1. The third-order valence-electron chi connectivity index (χ3n) is 4.12. The highest BCUT2D eigenvalue weighted by atomic mass is 35.5. The molecule has 0 bridgehead atoms. The van der Waals surface area contributed by atoms with E-state index in [4.69, 9.17) is 16.3 Å². The number of benzene rings is 1. The van der Waals surface area contributed by atoms with Gasteiger partial charge in [-0.15, -0.1) is 0 Å². The standard InChI is InChI=1S/C17H17ClFN3O2/c1-24-16-7-13(18)14(19)8-15(16)21-17(23)22-6-4-12(10-22)11-3-2-5-20-9-11/h2-3,5,7-9,12H,4,6,10H2,1H3,(H,21,23). The number of hydrogen-bond acceptors (Lipinski definition) is 3. The number of ether oxygens (including phenoxy) is 1. The van der Waals surface area contributed by atoms with Crippen LogP contribution in [0.5, 0.6) is 5.75 Å². The first-order chi connectivity index (χ1) is 11.6. The van der Waals surface area contributed by atoms with Gasteiger partial charge in [0.25, 0.3) is 0 Å². The first kappa shape index (κ1) is 16.5. The maximum Gasteiger partial charge on any atom is 0.321 e. The third-order valence-corrected chi connectivity index (χ3v) is 4.40. The molecule has 1 N–H and O–H groups in total. The predicted molar refractivity (Wildman–Crippen MR) is 90.1 cm³/mol. The number of amides is 2. The fourth-order valence-electron chi connectivity index (χ4n) is 2.82. The lowest BCUT2D eigenvalue weighted by Crippen LogP contribution is -2.33. The second kappa shape index (κ2) is 7.05. The van der Waals surface area contributed by atoms with E-state index in [0.29, 0.717) is 18.8 Å². The number of aromatic nitrogens is 1. The third kappa shape index (κ3) is 3.43. The molecule has 0 saturated carbocycles. The molecule has 24 heavy (non-hydrogen) atoms. The van der Waals surface area contributed by atoms with E-state index in [1.807, 2.05) is 18.3 Å². The van der Waals surface area contributed by atoms with Crippen molar-refractivity contribution in [3.8, 4) is 5.75 Å². The van der Waals surface area contributed by atoms with E-state index in [1.54, 1.807) is 11.1 Å². The number of hydrogen-bond donors (Lipinski definition) is 1. The van der Waals surface area contributed by atoms with Gasteiger partial charge in [-0.3, -0.25) is 4.98 Å². The van der Waals surface area contributed by atoms with Crippen LogP contribution in [0.2, 0.25) is 5.02 Å². The van der Waals surface area contributed by atoms with Gasteiger partial charge in [0, 0.05) is 43.5 Å². The smallest absolute Gasteiger partial charge is 0.321 e. The fraction of sp³-hybridized carbons (Fsp3) is 0.294. The summed E-state index contributed by atoms with van der Waals surface area (Å²) in [6.07, 6.45) is 4.42. The van der Waals surface area contributed by atoms with Crippen LogP contribution < -0.4 is 10.1 Å². The summed E-state index contributed by atoms with van der Waals surface area (Å²) in [6, 6.07) is 6.11. The van der Waals surface area contributed by atoms with Gasteiger partial charge in [0.2, 0.25) is 0 Å². The molecular formula is C17H17ClFN3O2. The Morgan fingerprint density at radius 1 is 1.50 bits per heavy atom. The van der Waals surface area contributed by atoms with Crippen molar-refractivity contribution in [1.29, 1.82) is 0 Å². The Bertz CT molecular complexity index is 742. The summed E-state index contributed by atoms with van der Waals surface area (Å²) in [7, 11) is 1.44. The quantitative estimate of drug-likeness (QED) is 0.914. The Kier molecular flexibility index (Phi) is 4.85. The summed E-state index contributed by atoms with van der Waals surface area (Å²) in [4.78, 5) is 18.3. The van der Waals surface area contributed by atoms with Crippen molar-refractivity contribution in [2.24, 2.45) is 0 Å². The molecule has 1 fully saturated rings. The Hall–Kier alpha value is -2.34. The van der Waals surface area contributed by atoms with Gasteiger partial charge in [-0.2, -0.15) is 0 Å². The van der Waals surface area contributed by atoms with Crippen LogP contribution in [0.4, 0.5) is 14.9 Å². The van der Waals surface area contributed by atoms with Crippen molar-refractivity contribution >= 4 is 23.3 Å². The zero-order valence-corrected chi connectivity index (χ0v) is 13.9. The number of urea groups is 1. The average Bonchev–Trinajstić information content (AvgIpc) is 3.09. The van der Waals surface area contributed by atoms with Gasteiger partial charge >= 0.3 is 6.03 Å². The molecule has 2 amide bonds. The number of carbonyl (C=O) groups is 1. The van der Waals surface area contributed by atoms with E-state index in [9.17, 15) is 9.18 Å². The first-order valence-electron chi connectivity index (χ1n) is 7.57. The molecule has 5 nitrogen and oxygen atoms in total. The van der Waals surface area contributed by atoms with Crippen LogP contribution in [0.1, 0.15) is 17.9 Å². The monoisotopic (exact) mass is 349 g/mol. The Morgan fingerprint density at radius 2 is 2.33 bits per heavy atom. The molecule has 1 atom stereocenters. The van der Waals surface area contributed by atoms with Gasteiger partial charge in [0.1, 0.15) is 11.6 Å². The van der Waals surface area contributed by atoms with Gasteiger partial charge in [-0.1, -0.05) is 17.7 Å². The number of halogens is 2. The van der Waals surface area contributed by atoms with Gasteiger partial charge < -0.3 is 15.0 Å². The minimum atomic E-state index is -0.609. The summed E-state index contributed by atoms with van der Waals surface area (Å²) in [5, 5.41) is 2.64. The Balaban J connectivity index is 1.69. The predicted octanol–water partition coefficient (Wildman–Crippen LogP) is 3.90. The molecule has 2 aromatic rings. The van der Waals surface area contributed by atoms with Crippen molar-refractivity contribution in [2.45, 2.75) is 12.3 Å². The van der Waals surface area contributed by atoms with E-state index in [1.165, 1.54) is 13.2 Å². The van der Waals surface area contributed by atoms with Crippen LogP contribution in [0.3, 0.4) is 0 Å². The molecular weight excluding hydrogens is 333 g/mol. The highest BCUT2D eigenvalue weighted by molar-refractivity contribution is 6.31. The van der Waals surface area contributed by atoms with Crippen LogP contribution in [-0.2, 0) is 0 Å². The van der Waals surface area contributed by atoms with Gasteiger partial charge in [-0.05, 0) is 18.1 Å². The van der Waals surface area contributed by atoms with Crippen LogP contribution >= 0.6 is 11.6 Å². The average molecular weight is 350 g/mol. The molecule has 1 aliphatic heterocycles. The molecule has 1 aliphatic rings. The summed E-state index contributed by atoms with van der Waals surface area (Å²) in [6.45, 7) is 1.22. The number of nitrogens with zero attached hydrogens (tertiary/aromatic N) is 2. The van der Waals surface area contributed by atoms with Crippen molar-refractivity contribution in [3.05, 3.63) is 53.1 Å². The molecule has 0 spiro atoms. The van der Waals surface area contributed by atoms with Crippen LogP contribution in [0, 0.1) is 5.82 Å². The lowest BCUT2D eigenvalue weighted by Gasteiger charge is -2.19. The number of anilines is 1. The maximum absolute atomic E-state index is 13.6. The number of carbonyl (C=O) groups excluding carboxylic acids is 1. The normalized spacial score (nSPS) is 17.0. The summed E-state index contributed by atoms with van der Waals surface area (Å²) >= 11 is 5.73. The van der Waals surface area contributed by atoms with Crippen molar-refractivity contribution < 1.29 is 13.9 Å². The summed E-state index contributed by atoms with van der Waals surface area (Å²) < 4.78 is 18.8. The molecule has 126 valence electrons. The first-order valence-corrected chi connectivity index (χ1v) is 7.95. The highest BCUT2D eigenvalue weighted by Gasteiger charge is 2.28. The van der Waals surface area contributed by atoms with Crippen molar-refractivity contribution in [1.82, 2.24) is 9.88 Å². The maximum atomic E-state index is 13.6. The van der Waals surface area contributed by atoms with Crippen molar-refractivity contribution in [2.75, 3.05) is 25.5 Å². The van der Waals surface area contributed by atoms with E-state index in [0.717, 1.165) is 18.1 Å². The van der Waals surface area contributed by atoms with Crippen LogP contribution in [0.25, 0.3) is 0 Å². The van der Waals surface area contributed by atoms with Crippen molar-refractivity contribution in [3.63, 3.8) is 0 Å². The minimum Gasteiger partial charge on any atom is -0.495 e. The minimum absolute atomic E-state index is 0.0531. The number of pyridine rings is 1. The Morgan fingerprint density at radius 3 is 3.04 bits per heavy atom. The molecule has 2 heterocycles. The van der Waals surface area contributed by atoms with Gasteiger partial charge in [0.05, 0.1) is 17.8 Å². The van der Waals surface area contributed by atoms with Gasteiger partial charge in [-0.25, -0.2) is 9.18 Å². The molecule has 3 rings (SSSR count). The molecule has 1 aromatic carbocycles. The SMILES string of the molecule is COc1cc(Cl)c(F)cc1NC(=O)N1CCC(c2cccnc2)C1. The molecule has 1 unspecified atom stereocenters. The molecule has 0 aliphatic carbocycles. The van der Waals surface area contributed by atoms with E-state index < -0.39 is 5.82 Å². The number of methoxy groups -OCH3 is 1. The lowest BCUT2D eigenvalue weighted by atomic mass is 10.0. The molecule has 7 heteroatoms. The van der Waals surface area contributed by atoms with E-state index in [2.05, 4.69) is 10.3 Å². The second-order valence-electron chi connectivity index (χ2n) is 5.61. The molecule has 0 radical (unpaired) electrons. The largest absolute Gasteiger partial charge is 0.495 e. The van der Waals surface area contributed by atoms with Crippen LogP contribution in [-0.4, -0.2) is 36.1 Å². The molecule has 1 aromatic heterocycles. The fourth-order valence-corrected chi connectivity index (χ4v) is 2.98. The lowest BCUT2D eigenvalue weighted by molar-refractivity contribution is 0.222. The highest BCUT2D eigenvalue weighted by Crippen LogP contribution is 2.32. The number of likely N-dealkylation sites (tertiary alicyclic amines) is 1.